The van der Waals surface area contributed by atoms with Crippen molar-refractivity contribution in [2.45, 2.75) is 13.0 Å². The number of aryl methyl sites for hydroxylation is 1. The lowest BCUT2D eigenvalue weighted by Crippen LogP contribution is -2.32. The highest BCUT2D eigenvalue weighted by atomic mass is 16.2. The van der Waals surface area contributed by atoms with Gasteiger partial charge in [-0.15, -0.1) is 0 Å². The van der Waals surface area contributed by atoms with Gasteiger partial charge in [0.15, 0.2) is 0 Å². The van der Waals surface area contributed by atoms with Crippen LogP contribution in [0.1, 0.15) is 17.2 Å². The summed E-state index contributed by atoms with van der Waals surface area (Å²) >= 11 is 0. The molecule has 0 aromatic heterocycles. The van der Waals surface area contributed by atoms with Crippen LogP contribution in [0.5, 0.6) is 0 Å². The van der Waals surface area contributed by atoms with Crippen LogP contribution in [0.2, 0.25) is 0 Å². The third-order valence-electron chi connectivity index (χ3n) is 2.95. The van der Waals surface area contributed by atoms with E-state index in [1.54, 1.807) is 4.90 Å². The summed E-state index contributed by atoms with van der Waals surface area (Å²) < 4.78 is 0. The molecule has 0 saturated carbocycles. The fourth-order valence-electron chi connectivity index (χ4n) is 2.09. The van der Waals surface area contributed by atoms with Crippen molar-refractivity contribution in [3.05, 3.63) is 35.4 Å². The van der Waals surface area contributed by atoms with Gasteiger partial charge in [-0.05, 0) is 18.1 Å². The molecule has 0 spiro atoms. The van der Waals surface area contributed by atoms with Gasteiger partial charge in [-0.1, -0.05) is 24.3 Å². The smallest absolute Gasteiger partial charge is 0.318 e. The summed E-state index contributed by atoms with van der Waals surface area (Å²) in [6.45, 7) is 3.90. The molecule has 16 heavy (non-hydrogen) atoms. The van der Waals surface area contributed by atoms with E-state index in [4.69, 9.17) is 5.73 Å². The maximum absolute atomic E-state index is 11.6. The highest BCUT2D eigenvalue weighted by Crippen LogP contribution is 2.22. The van der Waals surface area contributed by atoms with E-state index in [0.717, 1.165) is 0 Å². The summed E-state index contributed by atoms with van der Waals surface area (Å²) in [5.74, 6) is 0. The SMILES string of the molecule is Cc1ccccc1C1CN(CCN)C(=O)N1. The van der Waals surface area contributed by atoms with Crippen molar-refractivity contribution < 1.29 is 4.79 Å². The summed E-state index contributed by atoms with van der Waals surface area (Å²) in [6.07, 6.45) is 0. The standard InChI is InChI=1S/C12H17N3O/c1-9-4-2-3-5-10(9)11-8-15(7-6-13)12(16)14-11/h2-5,11H,6-8,13H2,1H3,(H,14,16). The number of nitrogens with one attached hydrogen (secondary N) is 1. The molecule has 0 radical (unpaired) electrons. The zero-order chi connectivity index (χ0) is 11.5. The lowest BCUT2D eigenvalue weighted by molar-refractivity contribution is 0.218. The van der Waals surface area contributed by atoms with Crippen LogP contribution in [0.15, 0.2) is 24.3 Å². The molecular weight excluding hydrogens is 202 g/mol. The van der Waals surface area contributed by atoms with Crippen molar-refractivity contribution in [2.75, 3.05) is 19.6 Å². The van der Waals surface area contributed by atoms with E-state index >= 15 is 0 Å². The number of urea groups is 1. The van der Waals surface area contributed by atoms with E-state index < -0.39 is 0 Å². The zero-order valence-corrected chi connectivity index (χ0v) is 9.44. The van der Waals surface area contributed by atoms with Gasteiger partial charge in [0.1, 0.15) is 0 Å². The van der Waals surface area contributed by atoms with Gasteiger partial charge in [-0.2, -0.15) is 0 Å². The van der Waals surface area contributed by atoms with Crippen LogP contribution in [0.3, 0.4) is 0 Å². The van der Waals surface area contributed by atoms with E-state index in [9.17, 15) is 4.79 Å². The second kappa shape index (κ2) is 4.53. The van der Waals surface area contributed by atoms with Crippen LogP contribution in [0, 0.1) is 6.92 Å². The second-order valence-corrected chi connectivity index (χ2v) is 4.09. The topological polar surface area (TPSA) is 58.4 Å². The Morgan fingerprint density at radius 2 is 2.25 bits per heavy atom. The maximum Gasteiger partial charge on any atom is 0.318 e. The molecule has 0 aliphatic carbocycles. The molecule has 1 saturated heterocycles. The number of hydrogen-bond acceptors (Lipinski definition) is 2. The minimum atomic E-state index is -0.0151. The number of rotatable bonds is 3. The van der Waals surface area contributed by atoms with Gasteiger partial charge >= 0.3 is 6.03 Å². The van der Waals surface area contributed by atoms with E-state index in [0.29, 0.717) is 19.6 Å². The van der Waals surface area contributed by atoms with Gasteiger partial charge in [-0.3, -0.25) is 0 Å². The van der Waals surface area contributed by atoms with Gasteiger partial charge in [0.2, 0.25) is 0 Å². The Bertz CT molecular complexity index is 392. The molecule has 1 aromatic rings. The van der Waals surface area contributed by atoms with E-state index in [1.807, 2.05) is 12.1 Å². The van der Waals surface area contributed by atoms with Crippen molar-refractivity contribution in [1.29, 1.82) is 0 Å². The Labute approximate surface area is 95.4 Å². The minimum absolute atomic E-state index is 0.0151. The normalized spacial score (nSPS) is 20.0. The minimum Gasteiger partial charge on any atom is -0.329 e. The molecule has 1 heterocycles. The molecule has 86 valence electrons. The van der Waals surface area contributed by atoms with E-state index in [2.05, 4.69) is 24.4 Å². The number of nitrogens with zero attached hydrogens (tertiary/aromatic N) is 1. The molecule has 1 unspecified atom stereocenters. The third kappa shape index (κ3) is 2.02. The first kappa shape index (κ1) is 11.0. The Morgan fingerprint density at radius 1 is 1.50 bits per heavy atom. The Balaban J connectivity index is 2.14. The number of benzene rings is 1. The number of hydrogen-bond donors (Lipinski definition) is 2. The summed E-state index contributed by atoms with van der Waals surface area (Å²) in [6, 6.07) is 8.21. The van der Waals surface area contributed by atoms with Crippen molar-refractivity contribution in [3.8, 4) is 0 Å². The van der Waals surface area contributed by atoms with Crippen LogP contribution in [0.25, 0.3) is 0 Å². The molecule has 1 aliphatic heterocycles. The molecule has 4 nitrogen and oxygen atoms in total. The number of carbonyl (C=O) groups excluding carboxylic acids is 1. The second-order valence-electron chi connectivity index (χ2n) is 4.09. The first-order chi connectivity index (χ1) is 7.72. The average molecular weight is 219 g/mol. The van der Waals surface area contributed by atoms with Gasteiger partial charge in [0.05, 0.1) is 6.04 Å². The van der Waals surface area contributed by atoms with Gasteiger partial charge in [0.25, 0.3) is 0 Å². The highest BCUT2D eigenvalue weighted by molar-refractivity contribution is 5.77. The predicted molar refractivity (Wildman–Crippen MR) is 63.1 cm³/mol. The fraction of sp³-hybridized carbons (Fsp3) is 0.417. The first-order valence-corrected chi connectivity index (χ1v) is 5.53. The fourth-order valence-corrected chi connectivity index (χ4v) is 2.09. The van der Waals surface area contributed by atoms with Crippen molar-refractivity contribution in [1.82, 2.24) is 10.2 Å². The summed E-state index contributed by atoms with van der Waals surface area (Å²) in [4.78, 5) is 13.4. The zero-order valence-electron chi connectivity index (χ0n) is 9.44. The quantitative estimate of drug-likeness (QED) is 0.797. The van der Waals surface area contributed by atoms with E-state index in [-0.39, 0.29) is 12.1 Å². The Hall–Kier alpha value is -1.55. The lowest BCUT2D eigenvalue weighted by atomic mass is 10.0. The van der Waals surface area contributed by atoms with Crippen LogP contribution < -0.4 is 11.1 Å². The van der Waals surface area contributed by atoms with Gasteiger partial charge < -0.3 is 16.0 Å². The maximum atomic E-state index is 11.6. The molecule has 1 atom stereocenters. The van der Waals surface area contributed by atoms with Crippen LogP contribution in [-0.4, -0.2) is 30.6 Å². The molecule has 2 rings (SSSR count). The number of amides is 2. The monoisotopic (exact) mass is 219 g/mol. The van der Waals surface area contributed by atoms with Crippen molar-refractivity contribution in [3.63, 3.8) is 0 Å². The van der Waals surface area contributed by atoms with Crippen molar-refractivity contribution in [2.24, 2.45) is 5.73 Å². The summed E-state index contributed by atoms with van der Waals surface area (Å²) in [5.41, 5.74) is 7.86. The van der Waals surface area contributed by atoms with Crippen LogP contribution in [-0.2, 0) is 0 Å². The Morgan fingerprint density at radius 3 is 2.94 bits per heavy atom. The molecule has 4 heteroatoms. The lowest BCUT2D eigenvalue weighted by Gasteiger charge is -2.14. The summed E-state index contributed by atoms with van der Waals surface area (Å²) in [7, 11) is 0. The molecule has 1 aliphatic rings. The molecule has 3 N–H and O–H groups in total. The van der Waals surface area contributed by atoms with Gasteiger partial charge in [0, 0.05) is 19.6 Å². The van der Waals surface area contributed by atoms with Gasteiger partial charge in [-0.25, -0.2) is 4.79 Å². The first-order valence-electron chi connectivity index (χ1n) is 5.53. The van der Waals surface area contributed by atoms with Crippen molar-refractivity contribution >= 4 is 6.03 Å². The largest absolute Gasteiger partial charge is 0.329 e. The molecule has 1 aromatic carbocycles. The molecule has 2 amide bonds. The molecular formula is C12H17N3O. The summed E-state index contributed by atoms with van der Waals surface area (Å²) in [5, 5.41) is 2.98. The molecule has 1 fully saturated rings. The van der Waals surface area contributed by atoms with Crippen LogP contribution in [0.4, 0.5) is 4.79 Å². The van der Waals surface area contributed by atoms with Crippen LogP contribution >= 0.6 is 0 Å². The Kier molecular flexibility index (Phi) is 3.10. The number of carbonyl (C=O) groups is 1. The average Bonchev–Trinajstić information content (AvgIpc) is 2.61. The number of nitrogens with two attached hydrogens (primary N) is 1. The highest BCUT2D eigenvalue weighted by Gasteiger charge is 2.29. The molecule has 0 bridgehead atoms. The van der Waals surface area contributed by atoms with E-state index in [1.165, 1.54) is 11.1 Å². The predicted octanol–water partition coefficient (Wildman–Crippen LogP) is 1.02. The third-order valence-corrected chi connectivity index (χ3v) is 2.95.